The molecule has 0 spiro atoms. The van der Waals surface area contributed by atoms with Crippen LogP contribution in [0.5, 0.6) is 0 Å². The zero-order valence-electron chi connectivity index (χ0n) is 9.76. The first-order valence-corrected chi connectivity index (χ1v) is 6.38. The lowest BCUT2D eigenvalue weighted by Crippen LogP contribution is -2.39. The van der Waals surface area contributed by atoms with Crippen LogP contribution in [0.25, 0.3) is 0 Å². The van der Waals surface area contributed by atoms with Gasteiger partial charge in [-0.15, -0.1) is 0 Å². The van der Waals surface area contributed by atoms with Gasteiger partial charge >= 0.3 is 0 Å². The average Bonchev–Trinajstić information content (AvgIpc) is 2.64. The van der Waals surface area contributed by atoms with Crippen molar-refractivity contribution in [2.24, 2.45) is 0 Å². The molecule has 0 aromatic carbocycles. The standard InChI is InChI=1S/C9H14N2O5S/c1-6(4-15-3)17(13,14)11-9(12)8-7(2)16-5-10-8/h5-6H,4H2,1-3H3,(H,11,12)/t6-/m0/s1. The molecule has 1 amide bonds. The van der Waals surface area contributed by atoms with Crippen molar-refractivity contribution >= 4 is 15.9 Å². The van der Waals surface area contributed by atoms with Crippen LogP contribution < -0.4 is 4.72 Å². The van der Waals surface area contributed by atoms with Crippen molar-refractivity contribution in [2.75, 3.05) is 13.7 Å². The van der Waals surface area contributed by atoms with Gasteiger partial charge in [-0.05, 0) is 13.8 Å². The first-order valence-electron chi connectivity index (χ1n) is 4.83. The quantitative estimate of drug-likeness (QED) is 0.806. The Morgan fingerprint density at radius 1 is 1.65 bits per heavy atom. The lowest BCUT2D eigenvalue weighted by Gasteiger charge is -2.12. The second-order valence-corrected chi connectivity index (χ2v) is 5.60. The van der Waals surface area contributed by atoms with Gasteiger partial charge in [-0.25, -0.2) is 18.1 Å². The van der Waals surface area contributed by atoms with Gasteiger partial charge in [0.1, 0.15) is 11.0 Å². The molecule has 7 nitrogen and oxygen atoms in total. The van der Waals surface area contributed by atoms with Crippen LogP contribution in [0.4, 0.5) is 0 Å². The highest BCUT2D eigenvalue weighted by atomic mass is 32.2. The van der Waals surface area contributed by atoms with Crippen LogP contribution in [0.3, 0.4) is 0 Å². The first-order chi connectivity index (χ1) is 7.88. The summed E-state index contributed by atoms with van der Waals surface area (Å²) < 4.78 is 34.8. The fourth-order valence-electron chi connectivity index (χ4n) is 1.13. The summed E-state index contributed by atoms with van der Waals surface area (Å²) in [6.45, 7) is 2.96. The molecule has 0 aliphatic rings. The lowest BCUT2D eigenvalue weighted by atomic mass is 10.3. The molecule has 17 heavy (non-hydrogen) atoms. The maximum absolute atomic E-state index is 11.7. The fourth-order valence-corrected chi connectivity index (χ4v) is 2.00. The second-order valence-electron chi connectivity index (χ2n) is 3.50. The summed E-state index contributed by atoms with van der Waals surface area (Å²) in [4.78, 5) is 15.2. The van der Waals surface area contributed by atoms with Gasteiger partial charge in [0.2, 0.25) is 10.0 Å². The molecule has 0 saturated carbocycles. The van der Waals surface area contributed by atoms with Gasteiger partial charge in [-0.1, -0.05) is 0 Å². The van der Waals surface area contributed by atoms with Gasteiger partial charge in [0, 0.05) is 7.11 Å². The summed E-state index contributed by atoms with van der Waals surface area (Å²) in [5.74, 6) is -0.545. The van der Waals surface area contributed by atoms with Gasteiger partial charge in [0.05, 0.1) is 6.61 Å². The van der Waals surface area contributed by atoms with E-state index in [0.717, 1.165) is 6.39 Å². The van der Waals surface area contributed by atoms with E-state index in [1.54, 1.807) is 0 Å². The Kier molecular flexibility index (Phi) is 4.24. The van der Waals surface area contributed by atoms with E-state index in [0.29, 0.717) is 0 Å². The molecule has 0 fully saturated rings. The number of nitrogens with zero attached hydrogens (tertiary/aromatic N) is 1. The molecular formula is C9H14N2O5S. The van der Waals surface area contributed by atoms with Crippen molar-refractivity contribution in [1.29, 1.82) is 0 Å². The highest BCUT2D eigenvalue weighted by Gasteiger charge is 2.25. The normalized spacial score (nSPS) is 13.4. The smallest absolute Gasteiger partial charge is 0.286 e. The maximum atomic E-state index is 11.7. The third-order valence-corrected chi connectivity index (χ3v) is 3.79. The minimum atomic E-state index is -3.77. The van der Waals surface area contributed by atoms with E-state index in [2.05, 4.69) is 4.98 Å². The molecule has 1 aromatic heterocycles. The third-order valence-electron chi connectivity index (χ3n) is 2.13. The number of aryl methyl sites for hydroxylation is 1. The topological polar surface area (TPSA) is 98.5 Å². The summed E-state index contributed by atoms with van der Waals surface area (Å²) in [6.07, 6.45) is 1.08. The van der Waals surface area contributed by atoms with Gasteiger partial charge in [0.15, 0.2) is 12.1 Å². The molecule has 0 saturated heterocycles. The molecule has 0 bridgehead atoms. The first kappa shape index (κ1) is 13.7. The molecule has 8 heteroatoms. The Morgan fingerprint density at radius 3 is 2.76 bits per heavy atom. The molecule has 1 atom stereocenters. The number of rotatable bonds is 5. The average molecular weight is 262 g/mol. The van der Waals surface area contributed by atoms with Crippen molar-refractivity contribution in [1.82, 2.24) is 9.71 Å². The predicted molar refractivity (Wildman–Crippen MR) is 59.0 cm³/mol. The van der Waals surface area contributed by atoms with E-state index < -0.39 is 21.2 Å². The Hall–Kier alpha value is -1.41. The van der Waals surface area contributed by atoms with Gasteiger partial charge in [0.25, 0.3) is 5.91 Å². The van der Waals surface area contributed by atoms with Gasteiger partial charge in [-0.3, -0.25) is 4.79 Å². The van der Waals surface area contributed by atoms with Crippen molar-refractivity contribution in [3.05, 3.63) is 17.8 Å². The van der Waals surface area contributed by atoms with Crippen molar-refractivity contribution in [3.8, 4) is 0 Å². The minimum Gasteiger partial charge on any atom is -0.448 e. The number of sulfonamides is 1. The van der Waals surface area contributed by atoms with Gasteiger partial charge < -0.3 is 9.15 Å². The van der Waals surface area contributed by atoms with Crippen LogP contribution in [0.15, 0.2) is 10.8 Å². The molecule has 1 N–H and O–H groups in total. The second kappa shape index (κ2) is 5.28. The fraction of sp³-hybridized carbons (Fsp3) is 0.556. The number of aromatic nitrogens is 1. The van der Waals surface area contributed by atoms with Crippen molar-refractivity contribution < 1.29 is 22.4 Å². The summed E-state index contributed by atoms with van der Waals surface area (Å²) in [5, 5.41) is -0.830. The molecule has 0 radical (unpaired) electrons. The number of amides is 1. The van der Waals surface area contributed by atoms with E-state index >= 15 is 0 Å². The number of hydrogen-bond acceptors (Lipinski definition) is 6. The van der Waals surface area contributed by atoms with Crippen molar-refractivity contribution in [3.63, 3.8) is 0 Å². The van der Waals surface area contributed by atoms with Crippen LogP contribution in [0.2, 0.25) is 0 Å². The zero-order valence-corrected chi connectivity index (χ0v) is 10.6. The van der Waals surface area contributed by atoms with E-state index in [9.17, 15) is 13.2 Å². The molecular weight excluding hydrogens is 248 g/mol. The predicted octanol–water partition coefficient (Wildman–Crippen LogP) is 0.0775. The Bertz CT molecular complexity index is 493. The number of hydrogen-bond donors (Lipinski definition) is 1. The number of methoxy groups -OCH3 is 1. The summed E-state index contributed by atoms with van der Waals surface area (Å²) in [5.41, 5.74) is -0.0433. The molecule has 1 rings (SSSR count). The van der Waals surface area contributed by atoms with Gasteiger partial charge in [-0.2, -0.15) is 0 Å². The number of carbonyl (C=O) groups is 1. The summed E-state index contributed by atoms with van der Waals surface area (Å²) in [6, 6.07) is 0. The van der Waals surface area contributed by atoms with E-state index in [-0.39, 0.29) is 18.1 Å². The minimum absolute atomic E-state index is 0.000408. The van der Waals surface area contributed by atoms with Crippen LogP contribution in [0.1, 0.15) is 23.2 Å². The van der Waals surface area contributed by atoms with Crippen LogP contribution in [-0.2, 0) is 14.8 Å². The summed E-state index contributed by atoms with van der Waals surface area (Å²) in [7, 11) is -2.39. The number of oxazole rings is 1. The molecule has 1 aromatic rings. The van der Waals surface area contributed by atoms with E-state index in [1.807, 2.05) is 4.72 Å². The number of nitrogens with one attached hydrogen (secondary N) is 1. The molecule has 0 aliphatic heterocycles. The van der Waals surface area contributed by atoms with Crippen molar-refractivity contribution in [2.45, 2.75) is 19.1 Å². The highest BCUT2D eigenvalue weighted by Crippen LogP contribution is 2.06. The van der Waals surface area contributed by atoms with E-state index in [4.69, 9.17) is 9.15 Å². The summed E-state index contributed by atoms with van der Waals surface area (Å²) >= 11 is 0. The molecule has 96 valence electrons. The maximum Gasteiger partial charge on any atom is 0.286 e. The van der Waals surface area contributed by atoms with Crippen LogP contribution in [-0.4, -0.2) is 38.3 Å². The van der Waals surface area contributed by atoms with Crippen LogP contribution >= 0.6 is 0 Å². The largest absolute Gasteiger partial charge is 0.448 e. The number of ether oxygens (including phenoxy) is 1. The molecule has 0 unspecified atom stereocenters. The lowest BCUT2D eigenvalue weighted by molar-refractivity contribution is 0.0975. The number of carbonyl (C=O) groups excluding carboxylic acids is 1. The zero-order chi connectivity index (χ0) is 13.1. The Balaban J connectivity index is 2.79. The third kappa shape index (κ3) is 3.27. The SMILES string of the molecule is COC[C@H](C)S(=O)(=O)NC(=O)c1ncoc1C. The highest BCUT2D eigenvalue weighted by molar-refractivity contribution is 7.90. The van der Waals surface area contributed by atoms with Crippen LogP contribution in [0, 0.1) is 6.92 Å². The Labute approximate surface area is 99.2 Å². The molecule has 0 aliphatic carbocycles. The monoisotopic (exact) mass is 262 g/mol. The van der Waals surface area contributed by atoms with E-state index in [1.165, 1.54) is 21.0 Å². The molecule has 1 heterocycles. The Morgan fingerprint density at radius 2 is 2.29 bits per heavy atom.